The van der Waals surface area contributed by atoms with Gasteiger partial charge in [-0.2, -0.15) is 0 Å². The highest BCUT2D eigenvalue weighted by atomic mass is 35.5. The molecule has 0 saturated heterocycles. The molecule has 0 heterocycles. The monoisotopic (exact) mass is 262 g/mol. The maximum atomic E-state index is 11.9. The van der Waals surface area contributed by atoms with Gasteiger partial charge in [0.2, 0.25) is 10.0 Å². The van der Waals surface area contributed by atoms with E-state index in [2.05, 4.69) is 4.72 Å². The van der Waals surface area contributed by atoms with Crippen molar-refractivity contribution in [1.82, 2.24) is 4.72 Å². The summed E-state index contributed by atoms with van der Waals surface area (Å²) in [5.74, 6) is 0.232. The lowest BCUT2D eigenvalue weighted by Crippen LogP contribution is -2.28. The number of rotatable bonds is 4. The summed E-state index contributed by atoms with van der Waals surface area (Å²) in [5.41, 5.74) is 5.80. The lowest BCUT2D eigenvalue weighted by atomic mass is 10.2. The molecule has 4 nitrogen and oxygen atoms in total. The number of hydrogen-bond acceptors (Lipinski definition) is 3. The van der Waals surface area contributed by atoms with E-state index in [1.165, 1.54) is 12.1 Å². The standard InChI is InChI=1S/C10H15ClN2O2S/c1-7(2)6-13-16(14,15)10-5-8(11)3-4-9(10)12/h3-5,7,13H,6,12H2,1-2H3. The van der Waals surface area contributed by atoms with Crippen molar-refractivity contribution in [3.8, 4) is 0 Å². The summed E-state index contributed by atoms with van der Waals surface area (Å²) in [6.07, 6.45) is 0. The summed E-state index contributed by atoms with van der Waals surface area (Å²) in [6.45, 7) is 4.21. The third kappa shape index (κ3) is 3.37. The van der Waals surface area contributed by atoms with Crippen molar-refractivity contribution in [2.24, 2.45) is 5.92 Å². The van der Waals surface area contributed by atoms with Gasteiger partial charge < -0.3 is 5.73 Å². The van der Waals surface area contributed by atoms with E-state index in [1.807, 2.05) is 13.8 Å². The van der Waals surface area contributed by atoms with Gasteiger partial charge in [0.15, 0.2) is 0 Å². The average Bonchev–Trinajstić information content (AvgIpc) is 2.19. The second-order valence-electron chi connectivity index (χ2n) is 3.93. The van der Waals surface area contributed by atoms with Crippen LogP contribution in [0.5, 0.6) is 0 Å². The van der Waals surface area contributed by atoms with Gasteiger partial charge in [-0.1, -0.05) is 25.4 Å². The zero-order chi connectivity index (χ0) is 12.3. The van der Waals surface area contributed by atoms with E-state index in [9.17, 15) is 8.42 Å². The number of halogens is 1. The Morgan fingerprint density at radius 3 is 2.62 bits per heavy atom. The number of nitrogens with two attached hydrogens (primary N) is 1. The summed E-state index contributed by atoms with van der Waals surface area (Å²) >= 11 is 5.74. The normalized spacial score (nSPS) is 12.0. The van der Waals surface area contributed by atoms with Gasteiger partial charge in [-0.3, -0.25) is 0 Å². The van der Waals surface area contributed by atoms with Crippen molar-refractivity contribution >= 4 is 27.3 Å². The summed E-state index contributed by atoms with van der Waals surface area (Å²) in [4.78, 5) is 0.0284. The van der Waals surface area contributed by atoms with E-state index >= 15 is 0 Å². The molecule has 0 aromatic heterocycles. The maximum Gasteiger partial charge on any atom is 0.242 e. The van der Waals surface area contributed by atoms with Crippen LogP contribution in [0.15, 0.2) is 23.1 Å². The number of nitrogen functional groups attached to an aromatic ring is 1. The molecule has 6 heteroatoms. The fourth-order valence-corrected chi connectivity index (χ4v) is 2.70. The quantitative estimate of drug-likeness (QED) is 0.814. The molecular formula is C10H15ClN2O2S. The first-order chi connectivity index (χ1) is 7.33. The van der Waals surface area contributed by atoms with Gasteiger partial charge in [-0.25, -0.2) is 13.1 Å². The van der Waals surface area contributed by atoms with Crippen molar-refractivity contribution in [2.45, 2.75) is 18.7 Å². The largest absolute Gasteiger partial charge is 0.398 e. The molecule has 0 aliphatic rings. The first-order valence-corrected chi connectivity index (χ1v) is 6.73. The fourth-order valence-electron chi connectivity index (χ4n) is 1.10. The molecule has 1 aromatic rings. The maximum absolute atomic E-state index is 11.9. The van der Waals surface area contributed by atoms with Crippen molar-refractivity contribution in [1.29, 1.82) is 0 Å². The molecule has 0 unspecified atom stereocenters. The van der Waals surface area contributed by atoms with Crippen molar-refractivity contribution in [2.75, 3.05) is 12.3 Å². The Hall–Kier alpha value is -0.780. The lowest BCUT2D eigenvalue weighted by molar-refractivity contribution is 0.560. The minimum absolute atomic E-state index is 0.0284. The fraction of sp³-hybridized carbons (Fsp3) is 0.400. The Labute approximate surface area is 101 Å². The van der Waals surface area contributed by atoms with E-state index in [1.54, 1.807) is 6.07 Å². The first-order valence-electron chi connectivity index (χ1n) is 4.87. The van der Waals surface area contributed by atoms with Crippen LogP contribution in [0.3, 0.4) is 0 Å². The van der Waals surface area contributed by atoms with Crippen LogP contribution < -0.4 is 10.5 Å². The smallest absolute Gasteiger partial charge is 0.242 e. The predicted molar refractivity (Wildman–Crippen MR) is 65.9 cm³/mol. The summed E-state index contributed by atoms with van der Waals surface area (Å²) in [6, 6.07) is 4.38. The number of hydrogen-bond donors (Lipinski definition) is 2. The third-order valence-corrected chi connectivity index (χ3v) is 3.66. The Balaban J connectivity index is 3.02. The van der Waals surface area contributed by atoms with Gasteiger partial charge in [0.05, 0.1) is 5.69 Å². The molecule has 90 valence electrons. The Bertz CT molecular complexity index is 472. The minimum atomic E-state index is -3.57. The molecule has 1 rings (SSSR count). The highest BCUT2D eigenvalue weighted by molar-refractivity contribution is 7.89. The Morgan fingerprint density at radius 1 is 1.44 bits per heavy atom. The molecule has 0 radical (unpaired) electrons. The molecule has 0 amide bonds. The molecule has 1 aromatic carbocycles. The second-order valence-corrected chi connectivity index (χ2v) is 6.10. The number of anilines is 1. The van der Waals surface area contributed by atoms with Crippen LogP contribution in [0.2, 0.25) is 5.02 Å². The molecule has 0 aliphatic heterocycles. The van der Waals surface area contributed by atoms with Crippen molar-refractivity contribution in [3.63, 3.8) is 0 Å². The van der Waals surface area contributed by atoms with E-state index in [-0.39, 0.29) is 16.5 Å². The number of nitrogens with one attached hydrogen (secondary N) is 1. The molecular weight excluding hydrogens is 248 g/mol. The second kappa shape index (κ2) is 5.03. The molecule has 0 fully saturated rings. The number of sulfonamides is 1. The van der Waals surface area contributed by atoms with Crippen LogP contribution in [0, 0.1) is 5.92 Å². The van der Waals surface area contributed by atoms with Crippen LogP contribution in [-0.2, 0) is 10.0 Å². The van der Waals surface area contributed by atoms with E-state index < -0.39 is 10.0 Å². The van der Waals surface area contributed by atoms with Crippen LogP contribution >= 0.6 is 11.6 Å². The van der Waals surface area contributed by atoms with Crippen LogP contribution in [0.1, 0.15) is 13.8 Å². The SMILES string of the molecule is CC(C)CNS(=O)(=O)c1cc(Cl)ccc1N. The molecule has 0 saturated carbocycles. The van der Waals surface area contributed by atoms with Gasteiger partial charge in [-0.15, -0.1) is 0 Å². The molecule has 0 aliphatic carbocycles. The third-order valence-electron chi connectivity index (χ3n) is 1.95. The predicted octanol–water partition coefficient (Wildman–Crippen LogP) is 1.86. The number of benzene rings is 1. The molecule has 0 spiro atoms. The van der Waals surface area contributed by atoms with Crippen LogP contribution in [0.4, 0.5) is 5.69 Å². The Morgan fingerprint density at radius 2 is 2.06 bits per heavy atom. The first kappa shape index (κ1) is 13.3. The summed E-state index contributed by atoms with van der Waals surface area (Å²) in [5, 5.41) is 0.346. The average molecular weight is 263 g/mol. The molecule has 3 N–H and O–H groups in total. The summed E-state index contributed by atoms with van der Waals surface area (Å²) in [7, 11) is -3.57. The van der Waals surface area contributed by atoms with Gasteiger partial charge in [0.1, 0.15) is 4.90 Å². The zero-order valence-electron chi connectivity index (χ0n) is 9.20. The van der Waals surface area contributed by atoms with Gasteiger partial charge in [0, 0.05) is 11.6 Å². The lowest BCUT2D eigenvalue weighted by Gasteiger charge is -2.10. The van der Waals surface area contributed by atoms with Gasteiger partial charge in [-0.05, 0) is 24.1 Å². The highest BCUT2D eigenvalue weighted by Crippen LogP contribution is 2.22. The topological polar surface area (TPSA) is 72.2 Å². The Kier molecular flexibility index (Phi) is 4.18. The van der Waals surface area contributed by atoms with E-state index in [4.69, 9.17) is 17.3 Å². The van der Waals surface area contributed by atoms with Gasteiger partial charge >= 0.3 is 0 Å². The van der Waals surface area contributed by atoms with Crippen molar-refractivity contribution < 1.29 is 8.42 Å². The van der Waals surface area contributed by atoms with Crippen LogP contribution in [-0.4, -0.2) is 15.0 Å². The highest BCUT2D eigenvalue weighted by Gasteiger charge is 2.17. The molecule has 0 bridgehead atoms. The van der Waals surface area contributed by atoms with Crippen molar-refractivity contribution in [3.05, 3.63) is 23.2 Å². The summed E-state index contributed by atoms with van der Waals surface area (Å²) < 4.78 is 26.2. The van der Waals surface area contributed by atoms with Crippen LogP contribution in [0.25, 0.3) is 0 Å². The molecule has 16 heavy (non-hydrogen) atoms. The van der Waals surface area contributed by atoms with Gasteiger partial charge in [0.25, 0.3) is 0 Å². The minimum Gasteiger partial charge on any atom is -0.398 e. The zero-order valence-corrected chi connectivity index (χ0v) is 10.8. The molecule has 0 atom stereocenters. The van der Waals surface area contributed by atoms with E-state index in [0.717, 1.165) is 0 Å². The van der Waals surface area contributed by atoms with E-state index in [0.29, 0.717) is 11.6 Å².